The number of nitrogens with zero attached hydrogens (tertiary/aromatic N) is 1. The van der Waals surface area contributed by atoms with Gasteiger partial charge in [-0.25, -0.2) is 4.39 Å². The van der Waals surface area contributed by atoms with Gasteiger partial charge in [0.2, 0.25) is 0 Å². The fourth-order valence-corrected chi connectivity index (χ4v) is 4.80. The van der Waals surface area contributed by atoms with Crippen molar-refractivity contribution < 1.29 is 9.18 Å². The summed E-state index contributed by atoms with van der Waals surface area (Å²) < 4.78 is 14.2. The van der Waals surface area contributed by atoms with Crippen LogP contribution in [-0.4, -0.2) is 18.2 Å². The number of anilines is 1. The number of fused-ring (bicyclic) bond motifs is 1. The van der Waals surface area contributed by atoms with E-state index in [0.717, 1.165) is 33.6 Å². The second-order valence-electron chi connectivity index (χ2n) is 6.89. The Labute approximate surface area is 182 Å². The van der Waals surface area contributed by atoms with Crippen LogP contribution in [0.3, 0.4) is 0 Å². The van der Waals surface area contributed by atoms with Gasteiger partial charge < -0.3 is 10.2 Å². The molecule has 0 spiro atoms. The predicted octanol–water partition coefficient (Wildman–Crippen LogP) is 5.63. The second kappa shape index (κ2) is 9.01. The molecule has 1 heterocycles. The largest absolute Gasteiger partial charge is 0.365 e. The third-order valence-corrected chi connectivity index (χ3v) is 6.35. The first kappa shape index (κ1) is 20.0. The molecule has 1 N–H and O–H groups in total. The van der Waals surface area contributed by atoms with Gasteiger partial charge in [0, 0.05) is 40.3 Å². The number of carbonyl (C=O) groups is 1. The first-order chi connectivity index (χ1) is 14.1. The van der Waals surface area contributed by atoms with Crippen LogP contribution >= 0.6 is 27.7 Å². The molecule has 1 aliphatic rings. The fourth-order valence-electron chi connectivity index (χ4n) is 3.32. The van der Waals surface area contributed by atoms with Gasteiger partial charge in [-0.2, -0.15) is 0 Å². The molecule has 0 bridgehead atoms. The first-order valence-corrected chi connectivity index (χ1v) is 11.2. The van der Waals surface area contributed by atoms with Crippen LogP contribution in [-0.2, 0) is 13.1 Å². The number of halogens is 2. The molecule has 4 rings (SSSR count). The molecule has 0 atom stereocenters. The van der Waals surface area contributed by atoms with E-state index in [9.17, 15) is 9.18 Å². The molecule has 0 fully saturated rings. The van der Waals surface area contributed by atoms with E-state index < -0.39 is 0 Å². The average molecular weight is 471 g/mol. The van der Waals surface area contributed by atoms with E-state index in [1.165, 1.54) is 17.0 Å². The number of benzene rings is 3. The van der Waals surface area contributed by atoms with Gasteiger partial charge in [0.25, 0.3) is 5.91 Å². The van der Waals surface area contributed by atoms with E-state index in [2.05, 4.69) is 26.1 Å². The summed E-state index contributed by atoms with van der Waals surface area (Å²) >= 11 is 5.25. The monoisotopic (exact) mass is 470 g/mol. The van der Waals surface area contributed by atoms with E-state index in [4.69, 9.17) is 0 Å². The average Bonchev–Trinajstić information content (AvgIpc) is 2.73. The minimum absolute atomic E-state index is 0.0925. The maximum Gasteiger partial charge on any atom is 0.251 e. The first-order valence-electron chi connectivity index (χ1n) is 9.37. The molecule has 29 heavy (non-hydrogen) atoms. The van der Waals surface area contributed by atoms with Crippen LogP contribution < -0.4 is 10.2 Å². The molecular weight excluding hydrogens is 451 g/mol. The molecule has 0 aromatic heterocycles. The lowest BCUT2D eigenvalue weighted by Gasteiger charge is -2.31. The zero-order chi connectivity index (χ0) is 20.2. The maximum atomic E-state index is 13.2. The third-order valence-electron chi connectivity index (χ3n) is 4.81. The minimum Gasteiger partial charge on any atom is -0.365 e. The van der Waals surface area contributed by atoms with Crippen molar-refractivity contribution in [2.45, 2.75) is 18.0 Å². The number of nitrogens with one attached hydrogen (secondary N) is 1. The number of rotatable bonds is 5. The number of amides is 1. The highest BCUT2D eigenvalue weighted by Crippen LogP contribution is 2.36. The van der Waals surface area contributed by atoms with E-state index in [0.29, 0.717) is 18.7 Å². The van der Waals surface area contributed by atoms with Crippen molar-refractivity contribution in [1.29, 1.82) is 0 Å². The minimum atomic E-state index is -0.229. The van der Waals surface area contributed by atoms with Crippen molar-refractivity contribution in [3.05, 3.63) is 93.7 Å². The molecule has 3 aromatic carbocycles. The van der Waals surface area contributed by atoms with Gasteiger partial charge in [0.1, 0.15) is 5.82 Å². The van der Waals surface area contributed by atoms with Gasteiger partial charge in [0.05, 0.1) is 5.69 Å². The molecule has 3 aromatic rings. The van der Waals surface area contributed by atoms with E-state index in [1.807, 2.05) is 54.6 Å². The number of carbonyl (C=O) groups excluding carboxylic acids is 1. The van der Waals surface area contributed by atoms with Crippen LogP contribution in [0.25, 0.3) is 0 Å². The van der Waals surface area contributed by atoms with E-state index in [1.54, 1.807) is 11.8 Å². The molecule has 3 nitrogen and oxygen atoms in total. The molecule has 1 aliphatic heterocycles. The Hall–Kier alpha value is -2.31. The van der Waals surface area contributed by atoms with Crippen molar-refractivity contribution in [3.63, 3.8) is 0 Å². The van der Waals surface area contributed by atoms with Gasteiger partial charge in [-0.1, -0.05) is 40.2 Å². The van der Waals surface area contributed by atoms with Crippen molar-refractivity contribution in [3.8, 4) is 0 Å². The van der Waals surface area contributed by atoms with Crippen molar-refractivity contribution >= 4 is 39.3 Å². The van der Waals surface area contributed by atoms with Crippen molar-refractivity contribution in [2.24, 2.45) is 0 Å². The highest BCUT2D eigenvalue weighted by atomic mass is 79.9. The highest BCUT2D eigenvalue weighted by molar-refractivity contribution is 9.10. The van der Waals surface area contributed by atoms with Crippen LogP contribution in [0.4, 0.5) is 10.1 Å². The molecule has 148 valence electrons. The molecular formula is C23H20BrFN2OS. The van der Waals surface area contributed by atoms with E-state index in [-0.39, 0.29) is 11.7 Å². The standard InChI is InChI=1S/C23H20BrFN2OS/c24-19-3-1-2-17(12-19)14-26-23(28)18-6-9-22-21(13-18)27(10-11-29-22)15-16-4-7-20(25)8-5-16/h1-9,12-13H,10-11,14-15H2,(H,26,28). The Balaban J connectivity index is 1.49. The van der Waals surface area contributed by atoms with Gasteiger partial charge >= 0.3 is 0 Å². The summed E-state index contributed by atoms with van der Waals surface area (Å²) in [6.45, 7) is 2.05. The Morgan fingerprint density at radius 2 is 1.90 bits per heavy atom. The summed E-state index contributed by atoms with van der Waals surface area (Å²) in [5.41, 5.74) is 3.79. The van der Waals surface area contributed by atoms with Gasteiger partial charge in [-0.3, -0.25) is 4.79 Å². The predicted molar refractivity (Wildman–Crippen MR) is 120 cm³/mol. The lowest BCUT2D eigenvalue weighted by atomic mass is 10.1. The van der Waals surface area contributed by atoms with Crippen LogP contribution in [0.15, 0.2) is 76.1 Å². The van der Waals surface area contributed by atoms with Crippen LogP contribution in [0, 0.1) is 5.82 Å². The second-order valence-corrected chi connectivity index (χ2v) is 8.94. The van der Waals surface area contributed by atoms with Crippen LogP contribution in [0.2, 0.25) is 0 Å². The number of thioether (sulfide) groups is 1. The molecule has 0 unspecified atom stereocenters. The summed E-state index contributed by atoms with van der Waals surface area (Å²) in [6.07, 6.45) is 0. The number of hydrogen-bond acceptors (Lipinski definition) is 3. The zero-order valence-electron chi connectivity index (χ0n) is 15.7. The van der Waals surface area contributed by atoms with Gasteiger partial charge in [-0.15, -0.1) is 11.8 Å². The number of hydrogen-bond donors (Lipinski definition) is 1. The quantitative estimate of drug-likeness (QED) is 0.524. The fraction of sp³-hybridized carbons (Fsp3) is 0.174. The molecule has 0 aliphatic carbocycles. The normalized spacial score (nSPS) is 13.1. The zero-order valence-corrected chi connectivity index (χ0v) is 18.1. The van der Waals surface area contributed by atoms with Crippen molar-refractivity contribution in [1.82, 2.24) is 5.32 Å². The lowest BCUT2D eigenvalue weighted by molar-refractivity contribution is 0.0951. The van der Waals surface area contributed by atoms with Crippen molar-refractivity contribution in [2.75, 3.05) is 17.2 Å². The van der Waals surface area contributed by atoms with Gasteiger partial charge in [0.15, 0.2) is 0 Å². The molecule has 0 radical (unpaired) electrons. The van der Waals surface area contributed by atoms with Crippen LogP contribution in [0.1, 0.15) is 21.5 Å². The summed E-state index contributed by atoms with van der Waals surface area (Å²) in [5.74, 6) is 0.667. The van der Waals surface area contributed by atoms with Gasteiger partial charge in [-0.05, 0) is 53.6 Å². The topological polar surface area (TPSA) is 32.3 Å². The summed E-state index contributed by atoms with van der Waals surface area (Å²) in [6, 6.07) is 20.3. The summed E-state index contributed by atoms with van der Waals surface area (Å²) in [5, 5.41) is 2.99. The van der Waals surface area contributed by atoms with Crippen LogP contribution in [0.5, 0.6) is 0 Å². The molecule has 0 saturated heterocycles. The smallest absolute Gasteiger partial charge is 0.251 e. The Bertz CT molecular complexity index is 1030. The maximum absolute atomic E-state index is 13.2. The van der Waals surface area contributed by atoms with E-state index >= 15 is 0 Å². The molecule has 6 heteroatoms. The summed E-state index contributed by atoms with van der Waals surface area (Å²) in [4.78, 5) is 16.1. The highest BCUT2D eigenvalue weighted by Gasteiger charge is 2.19. The Morgan fingerprint density at radius 1 is 1.07 bits per heavy atom. The molecule has 0 saturated carbocycles. The lowest BCUT2D eigenvalue weighted by Crippen LogP contribution is -2.29. The Morgan fingerprint density at radius 3 is 2.69 bits per heavy atom. The summed E-state index contributed by atoms with van der Waals surface area (Å²) in [7, 11) is 0. The SMILES string of the molecule is O=C(NCc1cccc(Br)c1)c1ccc2c(c1)N(Cc1ccc(F)cc1)CCS2. The Kier molecular flexibility index (Phi) is 6.21. The third kappa shape index (κ3) is 5.00. The molecule has 1 amide bonds.